The van der Waals surface area contributed by atoms with Gasteiger partial charge >= 0.3 is 0 Å². The van der Waals surface area contributed by atoms with Crippen molar-refractivity contribution in [1.29, 1.82) is 0 Å². The summed E-state index contributed by atoms with van der Waals surface area (Å²) in [7, 11) is 2.05. The molecular weight excluding hydrogens is 236 g/mol. The van der Waals surface area contributed by atoms with Crippen LogP contribution in [0.2, 0.25) is 0 Å². The topological polar surface area (TPSA) is 32.3 Å². The number of anilines is 4. The molecule has 3 rings (SSSR count). The van der Waals surface area contributed by atoms with Crippen LogP contribution in [0.4, 0.5) is 23.0 Å². The molecule has 0 saturated heterocycles. The van der Waals surface area contributed by atoms with E-state index in [0.29, 0.717) is 0 Å². The van der Waals surface area contributed by atoms with E-state index in [1.165, 1.54) is 6.42 Å². The van der Waals surface area contributed by atoms with Gasteiger partial charge < -0.3 is 9.80 Å². The van der Waals surface area contributed by atoms with E-state index >= 15 is 0 Å². The second kappa shape index (κ2) is 4.88. The fourth-order valence-corrected chi connectivity index (χ4v) is 2.49. The first-order valence-electron chi connectivity index (χ1n) is 6.74. The molecule has 2 aromatic heterocycles. The van der Waals surface area contributed by atoms with Crippen molar-refractivity contribution in [1.82, 2.24) is 9.97 Å². The second-order valence-electron chi connectivity index (χ2n) is 4.76. The van der Waals surface area contributed by atoms with E-state index in [1.54, 1.807) is 0 Å². The van der Waals surface area contributed by atoms with Crippen LogP contribution < -0.4 is 9.80 Å². The molecule has 19 heavy (non-hydrogen) atoms. The van der Waals surface area contributed by atoms with Gasteiger partial charge in [0, 0.05) is 26.0 Å². The lowest BCUT2D eigenvalue weighted by atomic mass is 10.2. The van der Waals surface area contributed by atoms with Crippen molar-refractivity contribution in [3.63, 3.8) is 0 Å². The van der Waals surface area contributed by atoms with E-state index in [4.69, 9.17) is 0 Å². The zero-order valence-corrected chi connectivity index (χ0v) is 11.4. The number of hydrogen-bond donors (Lipinski definition) is 0. The second-order valence-corrected chi connectivity index (χ2v) is 4.76. The van der Waals surface area contributed by atoms with Crippen LogP contribution in [0, 0.1) is 0 Å². The lowest BCUT2D eigenvalue weighted by Crippen LogP contribution is -2.29. The Labute approximate surface area is 113 Å². The molecule has 0 fully saturated rings. The predicted molar refractivity (Wildman–Crippen MR) is 78.5 cm³/mol. The molecule has 4 heteroatoms. The monoisotopic (exact) mass is 254 g/mol. The van der Waals surface area contributed by atoms with Crippen LogP contribution in [-0.4, -0.2) is 23.6 Å². The van der Waals surface area contributed by atoms with E-state index in [2.05, 4.69) is 38.8 Å². The van der Waals surface area contributed by atoms with Gasteiger partial charge in [-0.05, 0) is 30.7 Å². The Morgan fingerprint density at radius 2 is 1.68 bits per heavy atom. The highest BCUT2D eigenvalue weighted by atomic mass is 15.3. The average Bonchev–Trinajstić information content (AvgIpc) is 2.47. The van der Waals surface area contributed by atoms with Gasteiger partial charge in [-0.3, -0.25) is 0 Å². The van der Waals surface area contributed by atoms with Crippen LogP contribution >= 0.6 is 0 Å². The zero-order chi connectivity index (χ0) is 13.2. The summed E-state index contributed by atoms with van der Waals surface area (Å²) < 4.78 is 0. The quantitative estimate of drug-likeness (QED) is 0.839. The lowest BCUT2D eigenvalue weighted by molar-refractivity contribution is 0.773. The molecule has 0 N–H and O–H groups in total. The normalized spacial score (nSPS) is 13.2. The Balaban J connectivity index is 2.12. The van der Waals surface area contributed by atoms with Crippen molar-refractivity contribution < 1.29 is 0 Å². The molecule has 98 valence electrons. The van der Waals surface area contributed by atoms with E-state index in [9.17, 15) is 0 Å². The van der Waals surface area contributed by atoms with Crippen LogP contribution in [0.15, 0.2) is 36.7 Å². The van der Waals surface area contributed by atoms with Crippen molar-refractivity contribution >= 4 is 23.0 Å². The number of fused-ring (bicyclic) bond motifs is 2. The third kappa shape index (κ3) is 1.93. The van der Waals surface area contributed by atoms with Crippen LogP contribution in [0.5, 0.6) is 0 Å². The fraction of sp³-hybridized carbons (Fsp3) is 0.333. The van der Waals surface area contributed by atoms with Gasteiger partial charge in [-0.25, -0.2) is 9.97 Å². The minimum Gasteiger partial charge on any atom is -0.325 e. The van der Waals surface area contributed by atoms with E-state index < -0.39 is 0 Å². The summed E-state index contributed by atoms with van der Waals surface area (Å²) in [6.45, 7) is 3.19. The lowest BCUT2D eigenvalue weighted by Gasteiger charge is -2.36. The Kier molecular flexibility index (Phi) is 3.07. The maximum absolute atomic E-state index is 4.56. The van der Waals surface area contributed by atoms with Crippen molar-refractivity contribution in [2.24, 2.45) is 0 Å². The minimum absolute atomic E-state index is 0.979. The van der Waals surface area contributed by atoms with Gasteiger partial charge in [0.15, 0.2) is 11.6 Å². The van der Waals surface area contributed by atoms with Crippen molar-refractivity contribution in [2.45, 2.75) is 19.8 Å². The first-order chi connectivity index (χ1) is 9.33. The van der Waals surface area contributed by atoms with Gasteiger partial charge in [0.1, 0.15) is 0 Å². The third-order valence-electron chi connectivity index (χ3n) is 3.49. The molecule has 0 saturated carbocycles. The predicted octanol–water partition coefficient (Wildman–Crippen LogP) is 3.50. The minimum atomic E-state index is 0.979. The Morgan fingerprint density at radius 3 is 2.42 bits per heavy atom. The maximum Gasteiger partial charge on any atom is 0.157 e. The molecule has 0 atom stereocenters. The van der Waals surface area contributed by atoms with Crippen LogP contribution in [-0.2, 0) is 0 Å². The molecule has 2 aromatic rings. The van der Waals surface area contributed by atoms with Gasteiger partial charge in [0.2, 0.25) is 0 Å². The van der Waals surface area contributed by atoms with Gasteiger partial charge in [-0.15, -0.1) is 0 Å². The highest BCUT2D eigenvalue weighted by Crippen LogP contribution is 2.44. The molecule has 1 aliphatic rings. The molecule has 0 aliphatic carbocycles. The molecule has 0 radical (unpaired) electrons. The molecule has 0 amide bonds. The number of hydrogen-bond acceptors (Lipinski definition) is 4. The van der Waals surface area contributed by atoms with Crippen molar-refractivity contribution in [2.75, 3.05) is 23.4 Å². The Hall–Kier alpha value is -2.10. The fourth-order valence-electron chi connectivity index (χ4n) is 2.49. The summed E-state index contributed by atoms with van der Waals surface area (Å²) in [6, 6.07) is 8.17. The molecule has 1 aliphatic heterocycles. The summed E-state index contributed by atoms with van der Waals surface area (Å²) in [6.07, 6.45) is 6.01. The van der Waals surface area contributed by atoms with Crippen molar-refractivity contribution in [3.05, 3.63) is 36.7 Å². The van der Waals surface area contributed by atoms with Crippen LogP contribution in [0.3, 0.4) is 0 Å². The molecule has 0 aromatic carbocycles. The molecule has 0 bridgehead atoms. The largest absolute Gasteiger partial charge is 0.325 e. The summed E-state index contributed by atoms with van der Waals surface area (Å²) in [5, 5.41) is 0. The summed E-state index contributed by atoms with van der Waals surface area (Å²) in [4.78, 5) is 13.5. The smallest absolute Gasteiger partial charge is 0.157 e. The standard InChI is InChI=1S/C15H18N4/c1-3-4-11-19-13-8-6-9-16-14(13)18(2)12-7-5-10-17-15(12)19/h5-10H,3-4,11H2,1-2H3. The number of rotatable bonds is 3. The Bertz CT molecular complexity index is 534. The molecule has 0 unspecified atom stereocenters. The molecular formula is C15H18N4. The van der Waals surface area contributed by atoms with Gasteiger partial charge in [-0.2, -0.15) is 0 Å². The molecule has 4 nitrogen and oxygen atoms in total. The first kappa shape index (κ1) is 12.0. The number of pyridine rings is 2. The van der Waals surface area contributed by atoms with Crippen LogP contribution in [0.25, 0.3) is 0 Å². The summed E-state index contributed by atoms with van der Waals surface area (Å²) >= 11 is 0. The summed E-state index contributed by atoms with van der Waals surface area (Å²) in [5.74, 6) is 2.03. The first-order valence-corrected chi connectivity index (χ1v) is 6.74. The number of unbranched alkanes of at least 4 members (excludes halogenated alkanes) is 1. The average molecular weight is 254 g/mol. The SMILES string of the molecule is CCCCN1c2cccnc2N(C)c2cccnc21. The number of aromatic nitrogens is 2. The maximum atomic E-state index is 4.56. The zero-order valence-electron chi connectivity index (χ0n) is 11.4. The third-order valence-corrected chi connectivity index (χ3v) is 3.49. The molecule has 0 spiro atoms. The summed E-state index contributed by atoms with van der Waals surface area (Å²) in [5.41, 5.74) is 2.26. The van der Waals surface area contributed by atoms with E-state index in [0.717, 1.165) is 36.0 Å². The van der Waals surface area contributed by atoms with Crippen molar-refractivity contribution in [3.8, 4) is 0 Å². The van der Waals surface area contributed by atoms with Gasteiger partial charge in [-0.1, -0.05) is 13.3 Å². The Morgan fingerprint density at radius 1 is 1.00 bits per heavy atom. The van der Waals surface area contributed by atoms with E-state index in [1.807, 2.05) is 31.6 Å². The van der Waals surface area contributed by atoms with Gasteiger partial charge in [0.25, 0.3) is 0 Å². The highest BCUT2D eigenvalue weighted by molar-refractivity contribution is 5.88. The number of nitrogens with zero attached hydrogens (tertiary/aromatic N) is 4. The van der Waals surface area contributed by atoms with Gasteiger partial charge in [0.05, 0.1) is 11.4 Å². The van der Waals surface area contributed by atoms with Crippen LogP contribution in [0.1, 0.15) is 19.8 Å². The highest BCUT2D eigenvalue weighted by Gasteiger charge is 2.27. The molecule has 3 heterocycles. The van der Waals surface area contributed by atoms with E-state index in [-0.39, 0.29) is 0 Å².